The van der Waals surface area contributed by atoms with E-state index in [0.29, 0.717) is 31.0 Å². The van der Waals surface area contributed by atoms with Crippen LogP contribution < -0.4 is 4.90 Å². The smallest absolute Gasteiger partial charge is 0.204 e. The van der Waals surface area contributed by atoms with Gasteiger partial charge in [0.2, 0.25) is 11.6 Å². The lowest BCUT2D eigenvalue weighted by Gasteiger charge is -2.43. The number of carbonyl (C=O) groups is 2. The van der Waals surface area contributed by atoms with Crippen LogP contribution in [-0.4, -0.2) is 34.6 Å². The van der Waals surface area contributed by atoms with Gasteiger partial charge in [-0.25, -0.2) is 0 Å². The van der Waals surface area contributed by atoms with Gasteiger partial charge in [-0.1, -0.05) is 25.1 Å². The van der Waals surface area contributed by atoms with Crippen LogP contribution in [0, 0.1) is 23.2 Å². The molecule has 0 bridgehead atoms. The molecule has 1 unspecified atom stereocenters. The number of carbonyl (C=O) groups excluding carboxylic acids is 2. The number of Topliss-reactive ketones (excluding diaryl/α,β-unsaturated/α-hetero) is 2. The molecule has 3 heterocycles. The summed E-state index contributed by atoms with van der Waals surface area (Å²) in [6, 6.07) is 10.7. The lowest BCUT2D eigenvalue weighted by molar-refractivity contribution is -0.153. The number of pyridine rings is 2. The first kappa shape index (κ1) is 20.0. The first-order valence-corrected chi connectivity index (χ1v) is 11.7. The minimum absolute atomic E-state index is 0.150. The number of benzene rings is 1. The maximum atomic E-state index is 12.1. The summed E-state index contributed by atoms with van der Waals surface area (Å²) in [6.45, 7) is 3.39. The van der Waals surface area contributed by atoms with Crippen molar-refractivity contribution in [3.63, 3.8) is 0 Å². The van der Waals surface area contributed by atoms with E-state index >= 15 is 0 Å². The number of hydrogen-bond acceptors (Lipinski definition) is 6. The lowest BCUT2D eigenvalue weighted by atomic mass is 9.67. The minimum atomic E-state index is -0.273. The number of nitriles is 1. The molecule has 164 valence electrons. The molecule has 2 aliphatic carbocycles. The molecule has 6 heteroatoms. The average molecular weight is 437 g/mol. The summed E-state index contributed by atoms with van der Waals surface area (Å²) in [5.41, 5.74) is 6.88. The Labute approximate surface area is 192 Å². The van der Waals surface area contributed by atoms with Gasteiger partial charge in [-0.3, -0.25) is 19.6 Å². The second kappa shape index (κ2) is 7.48. The fraction of sp³-hybridized carbons (Fsp3) is 0.370. The van der Waals surface area contributed by atoms with E-state index < -0.39 is 0 Å². The largest absolute Gasteiger partial charge is 0.369 e. The van der Waals surface area contributed by atoms with E-state index in [1.165, 1.54) is 24.0 Å². The number of aryl methyl sites for hydroxylation is 1. The molecule has 0 amide bonds. The van der Waals surface area contributed by atoms with E-state index in [-0.39, 0.29) is 23.4 Å². The summed E-state index contributed by atoms with van der Waals surface area (Å²) in [5.74, 6) is -0.415. The first-order chi connectivity index (χ1) is 16.1. The third-order valence-corrected chi connectivity index (χ3v) is 7.74. The highest BCUT2D eigenvalue weighted by molar-refractivity contribution is 6.45. The van der Waals surface area contributed by atoms with Gasteiger partial charge in [0, 0.05) is 42.4 Å². The van der Waals surface area contributed by atoms with Crippen LogP contribution in [0.1, 0.15) is 48.8 Å². The molecule has 1 aliphatic heterocycles. The summed E-state index contributed by atoms with van der Waals surface area (Å²) >= 11 is 0. The van der Waals surface area contributed by atoms with Crippen molar-refractivity contribution < 1.29 is 9.59 Å². The van der Waals surface area contributed by atoms with Gasteiger partial charge in [-0.2, -0.15) is 5.26 Å². The number of anilines is 1. The van der Waals surface area contributed by atoms with Crippen LogP contribution in [0.2, 0.25) is 0 Å². The van der Waals surface area contributed by atoms with Crippen LogP contribution in [0.15, 0.2) is 36.7 Å². The van der Waals surface area contributed by atoms with E-state index in [0.717, 1.165) is 34.3 Å². The molecule has 0 spiro atoms. The van der Waals surface area contributed by atoms with Gasteiger partial charge in [0.25, 0.3) is 0 Å². The zero-order valence-electron chi connectivity index (χ0n) is 18.5. The van der Waals surface area contributed by atoms with Gasteiger partial charge in [0.1, 0.15) is 6.07 Å². The van der Waals surface area contributed by atoms with Gasteiger partial charge in [-0.15, -0.1) is 0 Å². The predicted molar refractivity (Wildman–Crippen MR) is 125 cm³/mol. The zero-order chi connectivity index (χ0) is 22.7. The molecule has 3 atom stereocenters. The molecule has 3 aromatic rings. The topological polar surface area (TPSA) is 87.0 Å². The normalized spacial score (nSPS) is 24.1. The summed E-state index contributed by atoms with van der Waals surface area (Å²) < 4.78 is 0. The van der Waals surface area contributed by atoms with Gasteiger partial charge in [0.05, 0.1) is 28.4 Å². The maximum absolute atomic E-state index is 12.1. The monoisotopic (exact) mass is 436 g/mol. The van der Waals surface area contributed by atoms with Crippen molar-refractivity contribution >= 4 is 28.2 Å². The molecule has 1 saturated heterocycles. The molecule has 6 nitrogen and oxygen atoms in total. The van der Waals surface area contributed by atoms with Crippen molar-refractivity contribution in [2.45, 2.75) is 38.5 Å². The second-order valence-corrected chi connectivity index (χ2v) is 9.57. The number of hydrogen-bond donors (Lipinski definition) is 0. The molecular weight excluding hydrogens is 412 g/mol. The van der Waals surface area contributed by atoms with Gasteiger partial charge >= 0.3 is 0 Å². The van der Waals surface area contributed by atoms with Gasteiger partial charge < -0.3 is 4.90 Å². The Morgan fingerprint density at radius 3 is 2.79 bits per heavy atom. The standard InChI is InChI=1S/C27H24N4O2/c1-15-4-2-5-16-6-3-7-19(24(15)16)22-10-23-20(13-30-22)25(17(11-28)12-29-23)31-9-8-18-21(14-31)27(33)26(18)32/h3,6-7,10,12-13,15,18,21H,2,4-5,8-9,14H2,1H3/t15?,18-,21+/m1/s1. The van der Waals surface area contributed by atoms with Crippen molar-refractivity contribution in [1.29, 1.82) is 5.26 Å². The molecule has 6 rings (SSSR count). The van der Waals surface area contributed by atoms with Gasteiger partial charge in [0.15, 0.2) is 0 Å². The molecule has 2 fully saturated rings. The average Bonchev–Trinajstić information content (AvgIpc) is 2.86. The van der Waals surface area contributed by atoms with E-state index in [9.17, 15) is 14.9 Å². The quantitative estimate of drug-likeness (QED) is 0.560. The summed E-state index contributed by atoms with van der Waals surface area (Å²) in [7, 11) is 0. The molecule has 3 aliphatic rings. The Morgan fingerprint density at radius 1 is 1.09 bits per heavy atom. The Hall–Kier alpha value is -3.59. The van der Waals surface area contributed by atoms with Crippen LogP contribution in [0.3, 0.4) is 0 Å². The maximum Gasteiger partial charge on any atom is 0.204 e. The Morgan fingerprint density at radius 2 is 1.94 bits per heavy atom. The summed E-state index contributed by atoms with van der Waals surface area (Å²) in [5, 5.41) is 10.6. The van der Waals surface area contributed by atoms with Crippen LogP contribution in [0.4, 0.5) is 5.69 Å². The van der Waals surface area contributed by atoms with Crippen molar-refractivity contribution in [2.24, 2.45) is 11.8 Å². The molecule has 1 saturated carbocycles. The number of fused-ring (bicyclic) bond motifs is 3. The highest BCUT2D eigenvalue weighted by atomic mass is 16.2. The Bertz CT molecular complexity index is 1370. The SMILES string of the molecule is CC1CCCc2cccc(-c3cc4ncc(C#N)c(N5CC[C@H]6C(=O)C(=O)[C@H]6C5)c4cn3)c21. The van der Waals surface area contributed by atoms with E-state index in [4.69, 9.17) is 4.98 Å². The van der Waals surface area contributed by atoms with Crippen LogP contribution in [-0.2, 0) is 16.0 Å². The number of ketones is 2. The molecule has 1 aromatic carbocycles. The van der Waals surface area contributed by atoms with Crippen molar-refractivity contribution in [3.8, 4) is 17.3 Å². The third-order valence-electron chi connectivity index (χ3n) is 7.74. The fourth-order valence-corrected chi connectivity index (χ4v) is 6.03. The Kier molecular flexibility index (Phi) is 4.55. The van der Waals surface area contributed by atoms with Crippen molar-refractivity contribution in [2.75, 3.05) is 18.0 Å². The van der Waals surface area contributed by atoms with Crippen LogP contribution in [0.25, 0.3) is 22.2 Å². The lowest BCUT2D eigenvalue weighted by Crippen LogP contribution is -2.57. The predicted octanol–water partition coefficient (Wildman–Crippen LogP) is 4.20. The number of piperidine rings is 1. The van der Waals surface area contributed by atoms with Crippen molar-refractivity contribution in [3.05, 3.63) is 53.3 Å². The summed E-state index contributed by atoms with van der Waals surface area (Å²) in [6.07, 6.45) is 7.59. The molecule has 0 N–H and O–H groups in total. The van der Waals surface area contributed by atoms with Gasteiger partial charge in [-0.05, 0) is 48.8 Å². The van der Waals surface area contributed by atoms with E-state index in [1.54, 1.807) is 6.20 Å². The fourth-order valence-electron chi connectivity index (χ4n) is 6.03. The highest BCUT2D eigenvalue weighted by Gasteiger charge is 2.51. The highest BCUT2D eigenvalue weighted by Crippen LogP contribution is 2.41. The Balaban J connectivity index is 1.44. The van der Waals surface area contributed by atoms with E-state index in [2.05, 4.69) is 41.1 Å². The molecule has 33 heavy (non-hydrogen) atoms. The second-order valence-electron chi connectivity index (χ2n) is 9.57. The van der Waals surface area contributed by atoms with Crippen LogP contribution in [0.5, 0.6) is 0 Å². The number of nitrogens with zero attached hydrogens (tertiary/aromatic N) is 4. The zero-order valence-corrected chi connectivity index (χ0v) is 18.5. The number of aromatic nitrogens is 2. The molecule has 0 radical (unpaired) electrons. The first-order valence-electron chi connectivity index (χ1n) is 11.7. The van der Waals surface area contributed by atoms with Crippen LogP contribution >= 0.6 is 0 Å². The minimum Gasteiger partial charge on any atom is -0.369 e. The van der Waals surface area contributed by atoms with Crippen molar-refractivity contribution in [1.82, 2.24) is 9.97 Å². The van der Waals surface area contributed by atoms with E-state index in [1.807, 2.05) is 12.3 Å². The number of rotatable bonds is 2. The molecule has 2 aromatic heterocycles. The summed E-state index contributed by atoms with van der Waals surface area (Å²) in [4.78, 5) is 35.4. The molecular formula is C27H24N4O2. The third kappa shape index (κ3) is 2.99.